The first-order valence-electron chi connectivity index (χ1n) is 12.9. The normalized spacial score (nSPS) is 30.0. The van der Waals surface area contributed by atoms with Crippen molar-refractivity contribution < 1.29 is 27.4 Å². The molecule has 2 N–H and O–H groups in total. The fraction of sp³-hybridized carbons (Fsp3) is 0.600. The van der Waals surface area contributed by atoms with E-state index in [1.807, 2.05) is 13.8 Å². The standard InChI is InChI=1S/C25H31FN6O5S/c1-4-9-38(34,35)24-28-22(27-17-11-16(17)13-5-7-15(26)8-6-13)19-23(29-24)32(31-30-19)18-10-14(12-33)20-21(18)37-25(2,3)36-20/h5-8,14,16-18,20-21,33H,4,9-12H2,1-3H3,(H,27,28,29). The smallest absolute Gasteiger partial charge is 0.251 e. The van der Waals surface area contributed by atoms with E-state index < -0.39 is 21.7 Å². The van der Waals surface area contributed by atoms with E-state index in [9.17, 15) is 17.9 Å². The van der Waals surface area contributed by atoms with Crippen LogP contribution in [-0.2, 0) is 19.3 Å². The van der Waals surface area contributed by atoms with Crippen LogP contribution in [0.4, 0.5) is 10.2 Å². The Morgan fingerprint density at radius 3 is 2.61 bits per heavy atom. The van der Waals surface area contributed by atoms with Gasteiger partial charge in [0.15, 0.2) is 22.8 Å². The number of sulfone groups is 1. The maximum atomic E-state index is 13.4. The SMILES string of the molecule is CCCS(=O)(=O)c1nc(NC2CC2c2ccc(F)cc2)c2nnn(C3CC(CO)C4OC(C)(C)OC43)c2n1. The number of rotatable bonds is 8. The van der Waals surface area contributed by atoms with Crippen molar-refractivity contribution in [3.63, 3.8) is 0 Å². The van der Waals surface area contributed by atoms with Crippen LogP contribution in [0.2, 0.25) is 0 Å². The van der Waals surface area contributed by atoms with Crippen LogP contribution in [0.25, 0.3) is 11.2 Å². The van der Waals surface area contributed by atoms with Gasteiger partial charge in [-0.1, -0.05) is 24.3 Å². The number of ether oxygens (including phenoxy) is 2. The molecule has 11 nitrogen and oxygen atoms in total. The molecule has 1 aromatic carbocycles. The molecule has 6 atom stereocenters. The third-order valence-electron chi connectivity index (χ3n) is 7.57. The molecule has 0 bridgehead atoms. The first-order valence-corrected chi connectivity index (χ1v) is 14.6. The van der Waals surface area contributed by atoms with Crippen LogP contribution in [0, 0.1) is 11.7 Å². The maximum Gasteiger partial charge on any atom is 0.251 e. The number of aliphatic hydroxyl groups excluding tert-OH is 1. The predicted molar refractivity (Wildman–Crippen MR) is 135 cm³/mol. The van der Waals surface area contributed by atoms with Gasteiger partial charge < -0.3 is 19.9 Å². The van der Waals surface area contributed by atoms with Crippen molar-refractivity contribution >= 4 is 26.8 Å². The summed E-state index contributed by atoms with van der Waals surface area (Å²) in [5, 5.41) is 21.8. The minimum Gasteiger partial charge on any atom is -0.396 e. The van der Waals surface area contributed by atoms with Gasteiger partial charge in [-0.15, -0.1) is 5.10 Å². The van der Waals surface area contributed by atoms with E-state index in [-0.39, 0.29) is 59.0 Å². The summed E-state index contributed by atoms with van der Waals surface area (Å²) in [6.07, 6.45) is 0.988. The molecule has 2 saturated carbocycles. The van der Waals surface area contributed by atoms with Gasteiger partial charge in [-0.3, -0.25) is 0 Å². The van der Waals surface area contributed by atoms with Crippen molar-refractivity contribution in [2.24, 2.45) is 5.92 Å². The lowest BCUT2D eigenvalue weighted by Gasteiger charge is -2.23. The van der Waals surface area contributed by atoms with Crippen molar-refractivity contribution in [1.82, 2.24) is 25.0 Å². The first-order chi connectivity index (χ1) is 18.1. The summed E-state index contributed by atoms with van der Waals surface area (Å²) in [4.78, 5) is 8.84. The number of hydrogen-bond donors (Lipinski definition) is 2. The molecule has 3 heterocycles. The van der Waals surface area contributed by atoms with Crippen LogP contribution in [0.3, 0.4) is 0 Å². The van der Waals surface area contributed by atoms with Crippen molar-refractivity contribution in [2.45, 2.75) is 81.2 Å². The summed E-state index contributed by atoms with van der Waals surface area (Å²) in [6.45, 7) is 5.35. The van der Waals surface area contributed by atoms with E-state index in [1.165, 1.54) is 12.1 Å². The molecule has 0 spiro atoms. The van der Waals surface area contributed by atoms with Gasteiger partial charge in [-0.2, -0.15) is 9.97 Å². The van der Waals surface area contributed by atoms with Crippen molar-refractivity contribution in [3.8, 4) is 0 Å². The second-order valence-electron chi connectivity index (χ2n) is 10.8. The average molecular weight is 547 g/mol. The Balaban J connectivity index is 1.38. The van der Waals surface area contributed by atoms with Crippen LogP contribution in [-0.4, -0.2) is 74.9 Å². The highest BCUT2D eigenvalue weighted by Gasteiger charge is 2.55. The van der Waals surface area contributed by atoms with Crippen molar-refractivity contribution in [2.75, 3.05) is 17.7 Å². The van der Waals surface area contributed by atoms with Crippen LogP contribution in [0.1, 0.15) is 57.6 Å². The molecule has 3 fully saturated rings. The number of aliphatic hydroxyl groups is 1. The molecule has 6 rings (SSSR count). The lowest BCUT2D eigenvalue weighted by Crippen LogP contribution is -2.28. The molecular formula is C25H31FN6O5S. The predicted octanol–water partition coefficient (Wildman–Crippen LogP) is 2.59. The number of anilines is 1. The average Bonchev–Trinajstić information content (AvgIpc) is 3.19. The number of hydrogen-bond acceptors (Lipinski definition) is 10. The maximum absolute atomic E-state index is 13.4. The Labute approximate surface area is 219 Å². The molecule has 3 aromatic rings. The Hall–Kier alpha value is -2.74. The molecule has 1 saturated heterocycles. The topological polar surface area (TPSA) is 141 Å². The molecule has 6 unspecified atom stereocenters. The molecule has 204 valence electrons. The van der Waals surface area contributed by atoms with Gasteiger partial charge in [0, 0.05) is 24.5 Å². The number of benzene rings is 1. The minimum absolute atomic E-state index is 0.0209. The Bertz CT molecular complexity index is 1460. The van der Waals surface area contributed by atoms with E-state index in [1.54, 1.807) is 23.7 Å². The molecule has 2 aliphatic carbocycles. The number of nitrogens with zero attached hydrogens (tertiary/aromatic N) is 5. The number of fused-ring (bicyclic) bond motifs is 2. The molecule has 2 aromatic heterocycles. The van der Waals surface area contributed by atoms with Gasteiger partial charge in [0.1, 0.15) is 11.9 Å². The molecule has 0 amide bonds. The molecule has 1 aliphatic heterocycles. The first kappa shape index (κ1) is 25.5. The third kappa shape index (κ3) is 4.44. The lowest BCUT2D eigenvalue weighted by atomic mass is 10.1. The van der Waals surface area contributed by atoms with E-state index in [2.05, 4.69) is 25.6 Å². The highest BCUT2D eigenvalue weighted by Crippen LogP contribution is 2.47. The second kappa shape index (κ2) is 9.18. The largest absolute Gasteiger partial charge is 0.396 e. The molecule has 38 heavy (non-hydrogen) atoms. The van der Waals surface area contributed by atoms with Crippen LogP contribution >= 0.6 is 0 Å². The van der Waals surface area contributed by atoms with Crippen LogP contribution in [0.15, 0.2) is 29.4 Å². The number of aromatic nitrogens is 5. The summed E-state index contributed by atoms with van der Waals surface area (Å²) in [7, 11) is -3.75. The van der Waals surface area contributed by atoms with Crippen molar-refractivity contribution in [3.05, 3.63) is 35.6 Å². The van der Waals surface area contributed by atoms with Crippen LogP contribution in [0.5, 0.6) is 0 Å². The van der Waals surface area contributed by atoms with Crippen molar-refractivity contribution in [1.29, 1.82) is 0 Å². The van der Waals surface area contributed by atoms with Gasteiger partial charge in [0.2, 0.25) is 9.84 Å². The highest BCUT2D eigenvalue weighted by molar-refractivity contribution is 7.91. The zero-order chi connectivity index (χ0) is 26.8. The minimum atomic E-state index is -3.75. The quantitative estimate of drug-likeness (QED) is 0.405. The summed E-state index contributed by atoms with van der Waals surface area (Å²) >= 11 is 0. The zero-order valence-corrected chi connectivity index (χ0v) is 22.2. The van der Waals surface area contributed by atoms with Gasteiger partial charge >= 0.3 is 0 Å². The van der Waals surface area contributed by atoms with Gasteiger partial charge in [0.05, 0.1) is 17.9 Å². The van der Waals surface area contributed by atoms with Gasteiger partial charge in [-0.25, -0.2) is 17.5 Å². The van der Waals surface area contributed by atoms with E-state index in [0.717, 1.165) is 12.0 Å². The fourth-order valence-corrected chi connectivity index (χ4v) is 6.89. The fourth-order valence-electron chi connectivity index (χ4n) is 5.72. The highest BCUT2D eigenvalue weighted by atomic mass is 32.2. The Morgan fingerprint density at radius 2 is 1.89 bits per heavy atom. The summed E-state index contributed by atoms with van der Waals surface area (Å²) in [5.74, 6) is -0.946. The van der Waals surface area contributed by atoms with Crippen LogP contribution < -0.4 is 5.32 Å². The summed E-state index contributed by atoms with van der Waals surface area (Å²) in [5.41, 5.74) is 1.63. The lowest BCUT2D eigenvalue weighted by molar-refractivity contribution is -0.162. The number of nitrogens with one attached hydrogen (secondary N) is 1. The molecule has 13 heteroatoms. The van der Waals surface area contributed by atoms with Gasteiger partial charge in [-0.05, 0) is 50.8 Å². The molecule has 0 radical (unpaired) electrons. The Kier molecular flexibility index (Phi) is 6.17. The molecular weight excluding hydrogens is 515 g/mol. The summed E-state index contributed by atoms with van der Waals surface area (Å²) < 4.78 is 53.3. The van der Waals surface area contributed by atoms with Gasteiger partial charge in [0.25, 0.3) is 5.16 Å². The molecule has 3 aliphatic rings. The monoisotopic (exact) mass is 546 g/mol. The third-order valence-corrected chi connectivity index (χ3v) is 9.25. The number of halogens is 1. The zero-order valence-electron chi connectivity index (χ0n) is 21.4. The van der Waals surface area contributed by atoms with E-state index in [4.69, 9.17) is 9.47 Å². The van der Waals surface area contributed by atoms with E-state index >= 15 is 0 Å². The Morgan fingerprint density at radius 1 is 1.16 bits per heavy atom. The van der Waals surface area contributed by atoms with E-state index in [0.29, 0.717) is 24.2 Å². The summed E-state index contributed by atoms with van der Waals surface area (Å²) in [6, 6.07) is 5.99. The second-order valence-corrected chi connectivity index (χ2v) is 12.8.